The second-order valence-corrected chi connectivity index (χ2v) is 9.90. The number of benzene rings is 1. The Morgan fingerprint density at radius 3 is 2.66 bits per heavy atom. The fraction of sp³-hybridized carbons (Fsp3) is 0.500. The van der Waals surface area contributed by atoms with E-state index in [1.54, 1.807) is 30.1 Å². The van der Waals surface area contributed by atoms with E-state index in [9.17, 15) is 13.2 Å². The molecule has 9 heteroatoms. The van der Waals surface area contributed by atoms with Crippen molar-refractivity contribution in [3.05, 3.63) is 40.7 Å². The molecule has 1 atom stereocenters. The Bertz CT molecular complexity index is 1060. The fourth-order valence-electron chi connectivity index (χ4n) is 3.96. The Labute approximate surface area is 170 Å². The summed E-state index contributed by atoms with van der Waals surface area (Å²) in [6, 6.07) is 5.06. The molecule has 1 aromatic heterocycles. The van der Waals surface area contributed by atoms with Crippen molar-refractivity contribution in [2.75, 3.05) is 31.8 Å². The van der Waals surface area contributed by atoms with E-state index in [0.29, 0.717) is 43.2 Å². The lowest BCUT2D eigenvalue weighted by molar-refractivity contribution is 0.0783. The molecule has 3 heterocycles. The number of fused-ring (bicyclic) bond motifs is 1. The van der Waals surface area contributed by atoms with Crippen LogP contribution in [0.1, 0.15) is 39.8 Å². The number of carbonyl (C=O) groups excluding carboxylic acids is 1. The molecule has 29 heavy (non-hydrogen) atoms. The molecule has 1 amide bonds. The highest BCUT2D eigenvalue weighted by atomic mass is 32.2. The summed E-state index contributed by atoms with van der Waals surface area (Å²) in [6.07, 6.45) is 0.579. The SMILES string of the molecule is Cc1nn([C@H]2CCS(=O)(=O)C2)c(C)c1CN(C)C(=O)c1ccc2c(c1)OCCO2. The van der Waals surface area contributed by atoms with Crippen LogP contribution >= 0.6 is 0 Å². The molecule has 2 aliphatic heterocycles. The highest BCUT2D eigenvalue weighted by Crippen LogP contribution is 2.31. The van der Waals surface area contributed by atoms with Gasteiger partial charge in [0.2, 0.25) is 0 Å². The standard InChI is InChI=1S/C20H25N3O5S/c1-13-17(14(2)23(21-13)16-6-9-29(25,26)12-16)11-22(3)20(24)15-4-5-18-19(10-15)28-8-7-27-18/h4-5,10,16H,6-9,11-12H2,1-3H3/t16-/m0/s1. The first-order valence-corrected chi connectivity index (χ1v) is 11.5. The summed E-state index contributed by atoms with van der Waals surface area (Å²) in [7, 11) is -1.25. The quantitative estimate of drug-likeness (QED) is 0.752. The molecule has 4 rings (SSSR count). The van der Waals surface area contributed by atoms with Crippen LogP contribution in [-0.2, 0) is 16.4 Å². The van der Waals surface area contributed by atoms with E-state index in [-0.39, 0.29) is 23.5 Å². The van der Waals surface area contributed by atoms with Crippen molar-refractivity contribution in [1.29, 1.82) is 0 Å². The first kappa shape index (κ1) is 19.8. The van der Waals surface area contributed by atoms with Gasteiger partial charge in [-0.2, -0.15) is 5.10 Å². The molecule has 1 saturated heterocycles. The number of carbonyl (C=O) groups is 1. The van der Waals surface area contributed by atoms with Crippen molar-refractivity contribution in [1.82, 2.24) is 14.7 Å². The minimum absolute atomic E-state index is 0.125. The first-order chi connectivity index (χ1) is 13.7. The number of hydrogen-bond acceptors (Lipinski definition) is 6. The predicted molar refractivity (Wildman–Crippen MR) is 107 cm³/mol. The maximum atomic E-state index is 12.9. The van der Waals surface area contributed by atoms with Crippen LogP contribution in [0.3, 0.4) is 0 Å². The van der Waals surface area contributed by atoms with Crippen molar-refractivity contribution < 1.29 is 22.7 Å². The number of sulfone groups is 1. The summed E-state index contributed by atoms with van der Waals surface area (Å²) in [5.74, 6) is 1.43. The van der Waals surface area contributed by atoms with E-state index in [2.05, 4.69) is 5.10 Å². The number of nitrogens with zero attached hydrogens (tertiary/aromatic N) is 3. The van der Waals surface area contributed by atoms with Gasteiger partial charge in [-0.15, -0.1) is 0 Å². The Balaban J connectivity index is 1.52. The molecule has 1 aromatic carbocycles. The van der Waals surface area contributed by atoms with Gasteiger partial charge in [0.1, 0.15) is 13.2 Å². The average Bonchev–Trinajstić information content (AvgIpc) is 3.20. The monoisotopic (exact) mass is 419 g/mol. The zero-order chi connectivity index (χ0) is 20.8. The minimum atomic E-state index is -2.99. The maximum Gasteiger partial charge on any atom is 0.254 e. The van der Waals surface area contributed by atoms with Gasteiger partial charge < -0.3 is 14.4 Å². The van der Waals surface area contributed by atoms with Gasteiger partial charge in [0.05, 0.1) is 23.2 Å². The number of ether oxygens (including phenoxy) is 2. The molecule has 1 fully saturated rings. The van der Waals surface area contributed by atoms with E-state index in [0.717, 1.165) is 17.0 Å². The second-order valence-electron chi connectivity index (χ2n) is 7.67. The Morgan fingerprint density at radius 2 is 1.97 bits per heavy atom. The summed E-state index contributed by atoms with van der Waals surface area (Å²) in [5, 5.41) is 4.58. The first-order valence-electron chi connectivity index (χ1n) is 9.65. The van der Waals surface area contributed by atoms with Crippen molar-refractivity contribution in [2.45, 2.75) is 32.9 Å². The summed E-state index contributed by atoms with van der Waals surface area (Å²) < 4.78 is 36.6. The molecule has 0 bridgehead atoms. The van der Waals surface area contributed by atoms with E-state index >= 15 is 0 Å². The lowest BCUT2D eigenvalue weighted by atomic mass is 10.1. The molecule has 0 radical (unpaired) electrons. The number of aromatic nitrogens is 2. The zero-order valence-corrected chi connectivity index (χ0v) is 17.7. The van der Waals surface area contributed by atoms with Crippen LogP contribution in [0.4, 0.5) is 0 Å². The van der Waals surface area contributed by atoms with Crippen LogP contribution in [0.25, 0.3) is 0 Å². The summed E-state index contributed by atoms with van der Waals surface area (Å²) in [4.78, 5) is 14.6. The molecule has 0 unspecified atom stereocenters. The molecule has 8 nitrogen and oxygen atoms in total. The number of rotatable bonds is 4. The molecular weight excluding hydrogens is 394 g/mol. The smallest absolute Gasteiger partial charge is 0.254 e. The third-order valence-electron chi connectivity index (χ3n) is 5.56. The molecular formula is C20H25N3O5S. The van der Waals surface area contributed by atoms with Gasteiger partial charge in [-0.05, 0) is 38.5 Å². The molecule has 0 saturated carbocycles. The van der Waals surface area contributed by atoms with E-state index in [1.807, 2.05) is 18.5 Å². The Hall–Kier alpha value is -2.55. The average molecular weight is 420 g/mol. The van der Waals surface area contributed by atoms with Gasteiger partial charge >= 0.3 is 0 Å². The van der Waals surface area contributed by atoms with Gasteiger partial charge in [-0.3, -0.25) is 9.48 Å². The van der Waals surface area contributed by atoms with Crippen LogP contribution in [0, 0.1) is 13.8 Å². The molecule has 0 aliphatic carbocycles. The topological polar surface area (TPSA) is 90.7 Å². The van der Waals surface area contributed by atoms with Crippen molar-refractivity contribution in [3.63, 3.8) is 0 Å². The van der Waals surface area contributed by atoms with E-state index in [4.69, 9.17) is 9.47 Å². The third-order valence-corrected chi connectivity index (χ3v) is 7.31. The van der Waals surface area contributed by atoms with Crippen molar-refractivity contribution in [3.8, 4) is 11.5 Å². The Kier molecular flexibility index (Phi) is 5.02. The van der Waals surface area contributed by atoms with Crippen LogP contribution in [-0.4, -0.2) is 60.8 Å². The zero-order valence-electron chi connectivity index (χ0n) is 16.8. The second kappa shape index (κ2) is 7.37. The van der Waals surface area contributed by atoms with Crippen LogP contribution in [0.15, 0.2) is 18.2 Å². The van der Waals surface area contributed by atoms with Gasteiger partial charge in [0.15, 0.2) is 21.3 Å². The van der Waals surface area contributed by atoms with Gasteiger partial charge in [-0.1, -0.05) is 0 Å². The Morgan fingerprint density at radius 1 is 1.24 bits per heavy atom. The molecule has 0 spiro atoms. The van der Waals surface area contributed by atoms with Crippen LogP contribution in [0.5, 0.6) is 11.5 Å². The summed E-state index contributed by atoms with van der Waals surface area (Å²) in [6.45, 7) is 5.19. The van der Waals surface area contributed by atoms with E-state index < -0.39 is 9.84 Å². The van der Waals surface area contributed by atoms with E-state index in [1.165, 1.54) is 0 Å². The lowest BCUT2D eigenvalue weighted by Crippen LogP contribution is -2.27. The normalized spacial score (nSPS) is 19.9. The highest BCUT2D eigenvalue weighted by Gasteiger charge is 2.31. The highest BCUT2D eigenvalue weighted by molar-refractivity contribution is 7.91. The molecule has 156 valence electrons. The van der Waals surface area contributed by atoms with Gasteiger partial charge in [-0.25, -0.2) is 8.42 Å². The predicted octanol–water partition coefficient (Wildman–Crippen LogP) is 1.90. The third kappa shape index (κ3) is 3.83. The van der Waals surface area contributed by atoms with Crippen LogP contribution < -0.4 is 9.47 Å². The number of aryl methyl sites for hydroxylation is 1. The van der Waals surface area contributed by atoms with Gasteiger partial charge in [0, 0.05) is 30.4 Å². The minimum Gasteiger partial charge on any atom is -0.486 e. The lowest BCUT2D eigenvalue weighted by Gasteiger charge is -2.21. The molecule has 0 N–H and O–H groups in total. The fourth-order valence-corrected chi connectivity index (χ4v) is 5.65. The molecule has 2 aromatic rings. The number of hydrogen-bond donors (Lipinski definition) is 0. The maximum absolute atomic E-state index is 12.9. The summed E-state index contributed by atoms with van der Waals surface area (Å²) in [5.41, 5.74) is 3.20. The molecule has 2 aliphatic rings. The summed E-state index contributed by atoms with van der Waals surface area (Å²) >= 11 is 0. The van der Waals surface area contributed by atoms with Gasteiger partial charge in [0.25, 0.3) is 5.91 Å². The largest absolute Gasteiger partial charge is 0.486 e. The van der Waals surface area contributed by atoms with Crippen molar-refractivity contribution >= 4 is 15.7 Å². The van der Waals surface area contributed by atoms with Crippen LogP contribution in [0.2, 0.25) is 0 Å². The van der Waals surface area contributed by atoms with Crippen molar-refractivity contribution in [2.24, 2.45) is 0 Å². The number of amides is 1.